The standard InChI is InChI=1S/C18H14N2O3/c21-14-8-5-12(6-9-14)11-19-20-18(23)16-10-7-13-3-1-2-4-15(13)17(16)22/h1-11,21-22H,(H,20,23). The highest BCUT2D eigenvalue weighted by atomic mass is 16.3. The molecule has 0 aliphatic rings. The van der Waals surface area contributed by atoms with Gasteiger partial charge in [-0.1, -0.05) is 30.3 Å². The number of benzene rings is 3. The van der Waals surface area contributed by atoms with Crippen molar-refractivity contribution in [2.24, 2.45) is 5.10 Å². The molecule has 0 unspecified atom stereocenters. The fraction of sp³-hybridized carbons (Fsp3) is 0. The number of phenolic OH excluding ortho intramolecular Hbond substituents is 2. The minimum Gasteiger partial charge on any atom is -0.508 e. The quantitative estimate of drug-likeness (QED) is 0.514. The van der Waals surface area contributed by atoms with Crippen LogP contribution in [0, 0.1) is 0 Å². The first kappa shape index (κ1) is 14.6. The molecule has 1 amide bonds. The van der Waals surface area contributed by atoms with Crippen LogP contribution in [0.15, 0.2) is 65.8 Å². The fourth-order valence-corrected chi connectivity index (χ4v) is 2.22. The maximum absolute atomic E-state index is 12.1. The van der Waals surface area contributed by atoms with Gasteiger partial charge >= 0.3 is 0 Å². The predicted molar refractivity (Wildman–Crippen MR) is 88.8 cm³/mol. The minimum atomic E-state index is -0.497. The number of nitrogens with one attached hydrogen (secondary N) is 1. The number of phenols is 2. The molecule has 3 rings (SSSR count). The maximum Gasteiger partial charge on any atom is 0.275 e. The van der Waals surface area contributed by atoms with Gasteiger partial charge in [0.1, 0.15) is 11.5 Å². The summed E-state index contributed by atoms with van der Waals surface area (Å²) in [6, 6.07) is 17.0. The van der Waals surface area contributed by atoms with Crippen molar-refractivity contribution in [1.82, 2.24) is 5.43 Å². The molecule has 3 aromatic rings. The molecule has 0 radical (unpaired) electrons. The van der Waals surface area contributed by atoms with Gasteiger partial charge in [-0.3, -0.25) is 4.79 Å². The molecule has 0 atom stereocenters. The number of amides is 1. The monoisotopic (exact) mass is 306 g/mol. The van der Waals surface area contributed by atoms with Gasteiger partial charge in [0, 0.05) is 5.39 Å². The van der Waals surface area contributed by atoms with Gasteiger partial charge in [-0.15, -0.1) is 0 Å². The lowest BCUT2D eigenvalue weighted by atomic mass is 10.1. The van der Waals surface area contributed by atoms with Crippen LogP contribution in [0.1, 0.15) is 15.9 Å². The molecule has 0 aliphatic carbocycles. The lowest BCUT2D eigenvalue weighted by Gasteiger charge is -2.06. The SMILES string of the molecule is O=C(NN=Cc1ccc(O)cc1)c1ccc2ccccc2c1O. The van der Waals surface area contributed by atoms with E-state index in [2.05, 4.69) is 10.5 Å². The molecule has 5 heteroatoms. The van der Waals surface area contributed by atoms with Crippen LogP contribution in [0.4, 0.5) is 0 Å². The zero-order valence-electron chi connectivity index (χ0n) is 12.1. The molecule has 5 nitrogen and oxygen atoms in total. The lowest BCUT2D eigenvalue weighted by Crippen LogP contribution is -2.17. The van der Waals surface area contributed by atoms with Crippen LogP contribution in [-0.4, -0.2) is 22.3 Å². The van der Waals surface area contributed by atoms with E-state index in [-0.39, 0.29) is 17.1 Å². The third kappa shape index (κ3) is 3.13. The minimum absolute atomic E-state index is 0.0690. The Bertz CT molecular complexity index is 886. The molecule has 0 saturated carbocycles. The maximum atomic E-state index is 12.1. The van der Waals surface area contributed by atoms with Crippen LogP contribution >= 0.6 is 0 Å². The number of aromatic hydroxyl groups is 2. The third-order valence-electron chi connectivity index (χ3n) is 3.42. The highest BCUT2D eigenvalue weighted by molar-refractivity contribution is 6.03. The van der Waals surface area contributed by atoms with Gasteiger partial charge in [0.25, 0.3) is 5.91 Å². The number of hydrogen-bond acceptors (Lipinski definition) is 4. The first-order valence-electron chi connectivity index (χ1n) is 6.98. The summed E-state index contributed by atoms with van der Waals surface area (Å²) in [7, 11) is 0. The molecule has 0 aromatic heterocycles. The lowest BCUT2D eigenvalue weighted by molar-refractivity contribution is 0.0952. The molecule has 0 fully saturated rings. The Labute approximate surface area is 132 Å². The Kier molecular flexibility index (Phi) is 3.93. The second kappa shape index (κ2) is 6.19. The average Bonchev–Trinajstić information content (AvgIpc) is 2.57. The van der Waals surface area contributed by atoms with Crippen molar-refractivity contribution in [3.63, 3.8) is 0 Å². The summed E-state index contributed by atoms with van der Waals surface area (Å²) in [4.78, 5) is 12.1. The van der Waals surface area contributed by atoms with Crippen molar-refractivity contribution in [3.8, 4) is 11.5 Å². The molecule has 114 valence electrons. The largest absolute Gasteiger partial charge is 0.508 e. The summed E-state index contributed by atoms with van der Waals surface area (Å²) in [6.07, 6.45) is 1.45. The van der Waals surface area contributed by atoms with E-state index in [9.17, 15) is 15.0 Å². The number of hydrazone groups is 1. The van der Waals surface area contributed by atoms with E-state index in [4.69, 9.17) is 0 Å². The number of carbonyl (C=O) groups excluding carboxylic acids is 1. The van der Waals surface area contributed by atoms with Gasteiger partial charge < -0.3 is 10.2 Å². The van der Waals surface area contributed by atoms with Crippen LogP contribution in [-0.2, 0) is 0 Å². The molecule has 0 heterocycles. The topological polar surface area (TPSA) is 81.9 Å². The van der Waals surface area contributed by atoms with Gasteiger partial charge in [-0.05, 0) is 41.3 Å². The summed E-state index contributed by atoms with van der Waals surface area (Å²) in [6.45, 7) is 0. The summed E-state index contributed by atoms with van der Waals surface area (Å²) in [5, 5.41) is 24.7. The second-order valence-corrected chi connectivity index (χ2v) is 4.97. The van der Waals surface area contributed by atoms with Crippen molar-refractivity contribution < 1.29 is 15.0 Å². The Morgan fingerprint density at radius 1 is 0.957 bits per heavy atom. The molecule has 0 saturated heterocycles. The number of nitrogens with zero attached hydrogens (tertiary/aromatic N) is 1. The molecular formula is C18H14N2O3. The van der Waals surface area contributed by atoms with E-state index >= 15 is 0 Å². The third-order valence-corrected chi connectivity index (χ3v) is 3.42. The van der Waals surface area contributed by atoms with Gasteiger partial charge in [-0.25, -0.2) is 5.43 Å². The molecule has 3 N–H and O–H groups in total. The van der Waals surface area contributed by atoms with Crippen LogP contribution in [0.2, 0.25) is 0 Å². The molecule has 0 bridgehead atoms. The van der Waals surface area contributed by atoms with Crippen LogP contribution in [0.25, 0.3) is 10.8 Å². The van der Waals surface area contributed by atoms with Gasteiger partial charge in [-0.2, -0.15) is 5.10 Å². The van der Waals surface area contributed by atoms with E-state index in [0.29, 0.717) is 5.39 Å². The smallest absolute Gasteiger partial charge is 0.275 e. The number of carbonyl (C=O) groups is 1. The Morgan fingerprint density at radius 2 is 1.70 bits per heavy atom. The van der Waals surface area contributed by atoms with Crippen LogP contribution in [0.5, 0.6) is 11.5 Å². The predicted octanol–water partition coefficient (Wildman–Crippen LogP) is 3.01. The van der Waals surface area contributed by atoms with E-state index in [1.165, 1.54) is 18.3 Å². The number of rotatable bonds is 3. The van der Waals surface area contributed by atoms with E-state index in [1.54, 1.807) is 36.4 Å². The van der Waals surface area contributed by atoms with Crippen molar-refractivity contribution in [2.45, 2.75) is 0 Å². The normalized spacial score (nSPS) is 11.0. The zero-order valence-corrected chi connectivity index (χ0v) is 12.1. The average molecular weight is 306 g/mol. The Hall–Kier alpha value is -3.34. The van der Waals surface area contributed by atoms with Gasteiger partial charge in [0.15, 0.2) is 0 Å². The number of hydrogen-bond donors (Lipinski definition) is 3. The molecule has 23 heavy (non-hydrogen) atoms. The Balaban J connectivity index is 1.78. The van der Waals surface area contributed by atoms with Gasteiger partial charge in [0.2, 0.25) is 0 Å². The first-order valence-corrected chi connectivity index (χ1v) is 6.98. The first-order chi connectivity index (χ1) is 11.1. The van der Waals surface area contributed by atoms with Crippen molar-refractivity contribution in [1.29, 1.82) is 0 Å². The van der Waals surface area contributed by atoms with Gasteiger partial charge in [0.05, 0.1) is 11.8 Å². The van der Waals surface area contributed by atoms with Crippen molar-refractivity contribution in [3.05, 3.63) is 71.8 Å². The second-order valence-electron chi connectivity index (χ2n) is 4.97. The molecule has 0 spiro atoms. The van der Waals surface area contributed by atoms with E-state index in [1.807, 2.05) is 12.1 Å². The molecular weight excluding hydrogens is 292 g/mol. The van der Waals surface area contributed by atoms with Crippen molar-refractivity contribution in [2.75, 3.05) is 0 Å². The number of fused-ring (bicyclic) bond motifs is 1. The zero-order chi connectivity index (χ0) is 16.2. The van der Waals surface area contributed by atoms with Crippen LogP contribution < -0.4 is 5.43 Å². The summed E-state index contributed by atoms with van der Waals surface area (Å²) < 4.78 is 0. The van der Waals surface area contributed by atoms with Crippen LogP contribution in [0.3, 0.4) is 0 Å². The fourth-order valence-electron chi connectivity index (χ4n) is 2.22. The van der Waals surface area contributed by atoms with E-state index in [0.717, 1.165) is 10.9 Å². The highest BCUT2D eigenvalue weighted by Crippen LogP contribution is 2.28. The molecule has 3 aromatic carbocycles. The van der Waals surface area contributed by atoms with Crippen molar-refractivity contribution >= 4 is 22.9 Å². The summed E-state index contributed by atoms with van der Waals surface area (Å²) in [5.74, 6) is -0.406. The molecule has 0 aliphatic heterocycles. The highest BCUT2D eigenvalue weighted by Gasteiger charge is 2.12. The summed E-state index contributed by atoms with van der Waals surface area (Å²) >= 11 is 0. The Morgan fingerprint density at radius 3 is 2.48 bits per heavy atom. The summed E-state index contributed by atoms with van der Waals surface area (Å²) in [5.41, 5.74) is 3.26. The van der Waals surface area contributed by atoms with E-state index < -0.39 is 5.91 Å².